The van der Waals surface area contributed by atoms with E-state index in [0.717, 1.165) is 12.9 Å². The maximum atomic E-state index is 11.2. The van der Waals surface area contributed by atoms with Gasteiger partial charge in [0.05, 0.1) is 25.8 Å². The fraction of sp³-hybridized carbons (Fsp3) is 0.133. The van der Waals surface area contributed by atoms with Crippen molar-refractivity contribution in [1.29, 1.82) is 0 Å². The van der Waals surface area contributed by atoms with Crippen LogP contribution in [0.2, 0.25) is 0 Å². The highest BCUT2D eigenvalue weighted by Crippen LogP contribution is 2.12. The van der Waals surface area contributed by atoms with Crippen LogP contribution in [0.3, 0.4) is 0 Å². The Labute approximate surface area is 127 Å². The van der Waals surface area contributed by atoms with E-state index in [2.05, 4.69) is 0 Å². The number of carbonyl (C=O) groups is 1. The first-order chi connectivity index (χ1) is 9.63. The molecular formula is C15H13IO4. The first-order valence-electron chi connectivity index (χ1n) is 5.82. The molecular weight excluding hydrogens is 371 g/mol. The van der Waals surface area contributed by atoms with Crippen molar-refractivity contribution in [3.63, 3.8) is 0 Å². The molecule has 0 radical (unpaired) electrons. The Bertz CT molecular complexity index is 608. The van der Waals surface area contributed by atoms with Crippen molar-refractivity contribution in [2.24, 2.45) is 0 Å². The molecule has 0 aliphatic heterocycles. The summed E-state index contributed by atoms with van der Waals surface area (Å²) in [4.78, 5) is 11.2. The number of methoxy groups -OCH3 is 2. The van der Waals surface area contributed by atoms with Gasteiger partial charge in [0.15, 0.2) is 3.57 Å². The summed E-state index contributed by atoms with van der Waals surface area (Å²) < 4.78 is 12.1. The molecule has 0 saturated heterocycles. The Morgan fingerprint density at radius 3 is 2.15 bits per heavy atom. The number of hydrogen-bond donors (Lipinski definition) is 0. The summed E-state index contributed by atoms with van der Waals surface area (Å²) in [5.74, 6) is 0.131. The van der Waals surface area contributed by atoms with Gasteiger partial charge in [0.1, 0.15) is 11.5 Å². The highest BCUT2D eigenvalue weighted by molar-refractivity contribution is 5.86. The monoisotopic (exact) mass is 384 g/mol. The number of hydrogen-bond acceptors (Lipinski definition) is 4. The van der Waals surface area contributed by atoms with Gasteiger partial charge in [-0.15, -0.1) is 0 Å². The normalized spacial score (nSPS) is 10.1. The second-order valence-electron chi connectivity index (χ2n) is 3.89. The molecule has 4 nitrogen and oxygen atoms in total. The van der Waals surface area contributed by atoms with E-state index < -0.39 is 27.2 Å². The first kappa shape index (κ1) is 14.6. The summed E-state index contributed by atoms with van der Waals surface area (Å²) in [5, 5.41) is 11.2. The van der Waals surface area contributed by atoms with E-state index in [0.29, 0.717) is 5.75 Å². The molecule has 0 unspecified atom stereocenters. The van der Waals surface area contributed by atoms with Gasteiger partial charge in [-0.1, -0.05) is 0 Å². The van der Waals surface area contributed by atoms with Crippen molar-refractivity contribution in [1.82, 2.24) is 0 Å². The van der Waals surface area contributed by atoms with Crippen LogP contribution in [0.15, 0.2) is 42.5 Å². The number of rotatable bonds is 5. The van der Waals surface area contributed by atoms with Gasteiger partial charge in [-0.3, -0.25) is 0 Å². The molecule has 0 heterocycles. The van der Waals surface area contributed by atoms with E-state index in [1.807, 2.05) is 24.3 Å². The Balaban J connectivity index is 2.29. The maximum Gasteiger partial charge on any atom is 0.358 e. The lowest BCUT2D eigenvalue weighted by molar-refractivity contribution is -0.598. The Hall–Kier alpha value is -1.76. The molecule has 0 amide bonds. The zero-order valence-electron chi connectivity index (χ0n) is 11.1. The van der Waals surface area contributed by atoms with Gasteiger partial charge in [-0.2, -0.15) is 0 Å². The molecule has 2 aromatic carbocycles. The predicted molar refractivity (Wildman–Crippen MR) is 67.7 cm³/mol. The third kappa shape index (κ3) is 3.41. The van der Waals surface area contributed by atoms with E-state index in [-0.39, 0.29) is 5.56 Å². The van der Waals surface area contributed by atoms with Crippen LogP contribution in [-0.4, -0.2) is 20.2 Å². The molecule has 104 valence electrons. The second-order valence-corrected chi connectivity index (χ2v) is 6.83. The molecule has 0 fully saturated rings. The van der Waals surface area contributed by atoms with Crippen LogP contribution >= 0.6 is 0 Å². The molecule has 0 aromatic heterocycles. The number of aromatic carboxylic acids is 1. The molecule has 2 rings (SSSR count). The average Bonchev–Trinajstić information content (AvgIpc) is 2.48. The van der Waals surface area contributed by atoms with Gasteiger partial charge in [0, 0.05) is 0 Å². The molecule has 0 aliphatic rings. The number of carboxylic acids is 1. The molecule has 0 atom stereocenters. The van der Waals surface area contributed by atoms with Crippen molar-refractivity contribution in [2.45, 2.75) is 0 Å². The van der Waals surface area contributed by atoms with Gasteiger partial charge < -0.3 is 19.4 Å². The van der Waals surface area contributed by atoms with Crippen molar-refractivity contribution in [3.8, 4) is 11.5 Å². The van der Waals surface area contributed by atoms with Crippen LogP contribution in [0.5, 0.6) is 11.5 Å². The quantitative estimate of drug-likeness (QED) is 0.571. The molecule has 20 heavy (non-hydrogen) atoms. The summed E-state index contributed by atoms with van der Waals surface area (Å²) in [6.45, 7) is 0. The largest absolute Gasteiger partial charge is 0.545 e. The third-order valence-corrected chi connectivity index (χ3v) is 5.52. The van der Waals surface area contributed by atoms with Crippen LogP contribution in [0.4, 0.5) is 0 Å². The zero-order chi connectivity index (χ0) is 14.5. The highest BCUT2D eigenvalue weighted by atomic mass is 127. The maximum absolute atomic E-state index is 11.2. The fourth-order valence-corrected chi connectivity index (χ4v) is 4.04. The minimum absolute atomic E-state index is 0.202. The van der Waals surface area contributed by atoms with Crippen LogP contribution in [0, 0.1) is 7.14 Å². The number of carbonyl (C=O) groups excluding carboxylic acids is 1. The smallest absolute Gasteiger partial charge is 0.358 e. The zero-order valence-corrected chi connectivity index (χ0v) is 13.2. The van der Waals surface area contributed by atoms with E-state index in [4.69, 9.17) is 9.47 Å². The van der Waals surface area contributed by atoms with Gasteiger partial charge in [-0.25, -0.2) is 0 Å². The van der Waals surface area contributed by atoms with E-state index in [1.54, 1.807) is 19.2 Å². The van der Waals surface area contributed by atoms with Gasteiger partial charge >= 0.3 is 21.2 Å². The lowest BCUT2D eigenvalue weighted by atomic mass is 10.2. The first-order valence-corrected chi connectivity index (χ1v) is 7.98. The summed E-state index contributed by atoms with van der Waals surface area (Å²) in [6, 6.07) is 12.7. The van der Waals surface area contributed by atoms with E-state index >= 15 is 0 Å². The SMILES string of the molecule is COc1ccc([I+]c2ccc(OC)cc2C(=O)[O-])cc1. The van der Waals surface area contributed by atoms with E-state index in [1.165, 1.54) is 13.2 Å². The molecule has 0 spiro atoms. The van der Waals surface area contributed by atoms with Gasteiger partial charge in [0.2, 0.25) is 3.57 Å². The summed E-state index contributed by atoms with van der Waals surface area (Å²) in [5.41, 5.74) is 0.202. The van der Waals surface area contributed by atoms with Crippen LogP contribution in [0.25, 0.3) is 0 Å². The minimum Gasteiger partial charge on any atom is -0.545 e. The highest BCUT2D eigenvalue weighted by Gasteiger charge is 2.21. The van der Waals surface area contributed by atoms with Crippen LogP contribution < -0.4 is 35.8 Å². The number of ether oxygens (including phenoxy) is 2. The summed E-state index contributed by atoms with van der Waals surface area (Å²) >= 11 is -0.595. The van der Waals surface area contributed by atoms with Crippen molar-refractivity contribution < 1.29 is 40.6 Å². The lowest BCUT2D eigenvalue weighted by Gasteiger charge is -2.05. The Morgan fingerprint density at radius 2 is 1.60 bits per heavy atom. The Kier molecular flexibility index (Phi) is 4.84. The lowest BCUT2D eigenvalue weighted by Crippen LogP contribution is -3.61. The van der Waals surface area contributed by atoms with Crippen LogP contribution in [0.1, 0.15) is 10.4 Å². The number of benzene rings is 2. The standard InChI is InChI=1S/C15H13IO4/c1-19-11-5-3-10(4-6-11)16-14-8-7-12(20-2)9-13(14)15(17)18/h3-9H,1-2H3. The van der Waals surface area contributed by atoms with Crippen molar-refractivity contribution >= 4 is 5.97 Å². The van der Waals surface area contributed by atoms with Crippen LogP contribution in [-0.2, 0) is 0 Å². The number of halogens is 1. The average molecular weight is 384 g/mol. The minimum atomic E-state index is -1.17. The molecule has 0 N–H and O–H groups in total. The fourth-order valence-electron chi connectivity index (χ4n) is 1.62. The molecule has 5 heteroatoms. The predicted octanol–water partition coefficient (Wildman–Crippen LogP) is -1.80. The molecule has 2 aromatic rings. The Morgan fingerprint density at radius 1 is 1.00 bits per heavy atom. The second kappa shape index (κ2) is 6.60. The molecule has 0 saturated carbocycles. The van der Waals surface area contributed by atoms with Crippen molar-refractivity contribution in [3.05, 3.63) is 55.2 Å². The summed E-state index contributed by atoms with van der Waals surface area (Å²) in [7, 11) is 3.12. The van der Waals surface area contributed by atoms with E-state index in [9.17, 15) is 9.90 Å². The molecule has 0 bridgehead atoms. The number of carboxylic acid groups (broad SMARTS) is 1. The molecule has 0 aliphatic carbocycles. The van der Waals surface area contributed by atoms with Crippen molar-refractivity contribution in [2.75, 3.05) is 14.2 Å². The summed E-state index contributed by atoms with van der Waals surface area (Å²) in [6.07, 6.45) is 0. The topological polar surface area (TPSA) is 58.6 Å². The van der Waals surface area contributed by atoms with Gasteiger partial charge in [0.25, 0.3) is 0 Å². The third-order valence-electron chi connectivity index (χ3n) is 2.65. The van der Waals surface area contributed by atoms with Gasteiger partial charge in [-0.05, 0) is 42.5 Å².